The Hall–Kier alpha value is -2.90. The second-order valence-electron chi connectivity index (χ2n) is 6.79. The van der Waals surface area contributed by atoms with Crippen LogP contribution in [-0.4, -0.2) is 46.5 Å². The zero-order valence-electron chi connectivity index (χ0n) is 15.3. The minimum Gasteiger partial charge on any atom is -0.469 e. The van der Waals surface area contributed by atoms with Crippen LogP contribution < -0.4 is 11.2 Å². The van der Waals surface area contributed by atoms with Gasteiger partial charge in [0.05, 0.1) is 18.0 Å². The van der Waals surface area contributed by atoms with Gasteiger partial charge in [-0.05, 0) is 30.9 Å². The molecular formula is C19H23N3O5. The Bertz CT molecular complexity index is 954. The predicted octanol–water partition coefficient (Wildman–Crippen LogP) is 0.882. The number of nitrogens with one attached hydrogen (secondary N) is 1. The van der Waals surface area contributed by atoms with Gasteiger partial charge in [0, 0.05) is 32.5 Å². The minimum absolute atomic E-state index is 0.0416. The van der Waals surface area contributed by atoms with Gasteiger partial charge in [0.2, 0.25) is 5.91 Å². The Morgan fingerprint density at radius 2 is 1.89 bits per heavy atom. The first kappa shape index (κ1) is 18.9. The van der Waals surface area contributed by atoms with Crippen molar-refractivity contribution in [2.75, 3.05) is 20.2 Å². The molecule has 0 saturated carbocycles. The van der Waals surface area contributed by atoms with Gasteiger partial charge in [-0.3, -0.25) is 19.0 Å². The standard InChI is InChI=1S/C19H23N3O5/c1-27-17(24)12-13-6-9-21(10-7-13)16(23)8-11-22-18(25)14-4-2-3-5-15(14)20-19(22)26/h2-5,13H,6-12H2,1H3,(H,20,26). The molecule has 1 aliphatic rings. The topological polar surface area (TPSA) is 101 Å². The highest BCUT2D eigenvalue weighted by Crippen LogP contribution is 2.21. The first-order valence-corrected chi connectivity index (χ1v) is 9.06. The maximum atomic E-state index is 12.5. The van der Waals surface area contributed by atoms with Crippen molar-refractivity contribution in [1.29, 1.82) is 0 Å². The fraction of sp³-hybridized carbons (Fsp3) is 0.474. The quantitative estimate of drug-likeness (QED) is 0.784. The molecule has 3 rings (SSSR count). The molecule has 1 aromatic heterocycles. The second kappa shape index (κ2) is 8.20. The first-order valence-electron chi connectivity index (χ1n) is 9.06. The smallest absolute Gasteiger partial charge is 0.328 e. The number of para-hydroxylation sites is 1. The molecule has 144 valence electrons. The molecule has 27 heavy (non-hydrogen) atoms. The number of aromatic nitrogens is 2. The van der Waals surface area contributed by atoms with Crippen molar-refractivity contribution in [1.82, 2.24) is 14.5 Å². The van der Waals surface area contributed by atoms with E-state index < -0.39 is 5.69 Å². The van der Waals surface area contributed by atoms with E-state index in [2.05, 4.69) is 9.72 Å². The summed E-state index contributed by atoms with van der Waals surface area (Å²) in [6.45, 7) is 1.19. The molecule has 1 saturated heterocycles. The van der Waals surface area contributed by atoms with Gasteiger partial charge >= 0.3 is 11.7 Å². The molecule has 8 heteroatoms. The first-order chi connectivity index (χ1) is 13.0. The highest BCUT2D eigenvalue weighted by molar-refractivity contribution is 5.77. The average Bonchev–Trinajstić information content (AvgIpc) is 2.68. The number of methoxy groups -OCH3 is 1. The molecule has 0 bridgehead atoms. The summed E-state index contributed by atoms with van der Waals surface area (Å²) in [6, 6.07) is 6.80. The molecule has 2 heterocycles. The van der Waals surface area contributed by atoms with Crippen molar-refractivity contribution in [2.45, 2.75) is 32.2 Å². The number of H-pyrrole nitrogens is 1. The fourth-order valence-electron chi connectivity index (χ4n) is 3.47. The number of amides is 1. The summed E-state index contributed by atoms with van der Waals surface area (Å²) in [7, 11) is 1.37. The lowest BCUT2D eigenvalue weighted by Gasteiger charge is -2.31. The van der Waals surface area contributed by atoms with E-state index in [0.717, 1.165) is 17.4 Å². The molecule has 0 atom stereocenters. The van der Waals surface area contributed by atoms with E-state index in [9.17, 15) is 19.2 Å². The number of esters is 1. The molecular weight excluding hydrogens is 350 g/mol. The van der Waals surface area contributed by atoms with Crippen LogP contribution in [0.4, 0.5) is 0 Å². The maximum Gasteiger partial charge on any atom is 0.328 e. The molecule has 1 aromatic carbocycles. The summed E-state index contributed by atoms with van der Waals surface area (Å²) in [4.78, 5) is 52.8. The Balaban J connectivity index is 1.60. The summed E-state index contributed by atoms with van der Waals surface area (Å²) in [6.07, 6.45) is 1.96. The summed E-state index contributed by atoms with van der Waals surface area (Å²) < 4.78 is 5.76. The van der Waals surface area contributed by atoms with Crippen molar-refractivity contribution in [2.24, 2.45) is 5.92 Å². The van der Waals surface area contributed by atoms with Crippen LogP contribution in [0.1, 0.15) is 25.7 Å². The van der Waals surface area contributed by atoms with Gasteiger partial charge in [-0.1, -0.05) is 12.1 Å². The Morgan fingerprint density at radius 3 is 2.59 bits per heavy atom. The third-order valence-corrected chi connectivity index (χ3v) is 5.09. The molecule has 0 unspecified atom stereocenters. The van der Waals surface area contributed by atoms with Crippen LogP contribution in [0, 0.1) is 5.92 Å². The van der Waals surface area contributed by atoms with Gasteiger partial charge in [-0.25, -0.2) is 4.79 Å². The third-order valence-electron chi connectivity index (χ3n) is 5.09. The average molecular weight is 373 g/mol. The van der Waals surface area contributed by atoms with Crippen LogP contribution >= 0.6 is 0 Å². The Morgan fingerprint density at radius 1 is 1.19 bits per heavy atom. The molecule has 1 aliphatic heterocycles. The zero-order valence-corrected chi connectivity index (χ0v) is 15.3. The number of carbonyl (C=O) groups excluding carboxylic acids is 2. The Kier molecular flexibility index (Phi) is 5.73. The van der Waals surface area contributed by atoms with Crippen molar-refractivity contribution in [3.63, 3.8) is 0 Å². The lowest BCUT2D eigenvalue weighted by molar-refractivity contribution is -0.142. The number of likely N-dealkylation sites (tertiary alicyclic amines) is 1. The molecule has 8 nitrogen and oxygen atoms in total. The molecule has 1 amide bonds. The molecule has 0 aliphatic carbocycles. The van der Waals surface area contributed by atoms with E-state index in [1.54, 1.807) is 29.2 Å². The largest absolute Gasteiger partial charge is 0.469 e. The number of rotatable bonds is 5. The second-order valence-corrected chi connectivity index (χ2v) is 6.79. The zero-order chi connectivity index (χ0) is 19.4. The van der Waals surface area contributed by atoms with E-state index in [1.807, 2.05) is 0 Å². The van der Waals surface area contributed by atoms with Crippen LogP contribution in [0.5, 0.6) is 0 Å². The van der Waals surface area contributed by atoms with E-state index >= 15 is 0 Å². The van der Waals surface area contributed by atoms with Crippen LogP contribution in [0.25, 0.3) is 10.9 Å². The number of aromatic amines is 1. The van der Waals surface area contributed by atoms with Crippen molar-refractivity contribution in [3.05, 3.63) is 45.1 Å². The number of hydrogen-bond donors (Lipinski definition) is 1. The highest BCUT2D eigenvalue weighted by atomic mass is 16.5. The number of piperidine rings is 1. The summed E-state index contributed by atoms with van der Waals surface area (Å²) >= 11 is 0. The summed E-state index contributed by atoms with van der Waals surface area (Å²) in [5.41, 5.74) is -0.412. The van der Waals surface area contributed by atoms with E-state index in [4.69, 9.17) is 0 Å². The normalized spacial score (nSPS) is 15.1. The summed E-state index contributed by atoms with van der Waals surface area (Å²) in [5, 5.41) is 0.424. The number of nitrogens with zero attached hydrogens (tertiary/aromatic N) is 2. The van der Waals surface area contributed by atoms with Crippen LogP contribution in [-0.2, 0) is 20.9 Å². The molecule has 1 N–H and O–H groups in total. The molecule has 0 radical (unpaired) electrons. The van der Waals surface area contributed by atoms with Crippen molar-refractivity contribution < 1.29 is 14.3 Å². The number of benzene rings is 1. The van der Waals surface area contributed by atoms with Crippen LogP contribution in [0.15, 0.2) is 33.9 Å². The van der Waals surface area contributed by atoms with Gasteiger partial charge in [0.25, 0.3) is 5.56 Å². The van der Waals surface area contributed by atoms with Gasteiger partial charge in [0.1, 0.15) is 0 Å². The van der Waals surface area contributed by atoms with Crippen molar-refractivity contribution >= 4 is 22.8 Å². The van der Waals surface area contributed by atoms with Crippen molar-refractivity contribution in [3.8, 4) is 0 Å². The van der Waals surface area contributed by atoms with E-state index in [0.29, 0.717) is 30.4 Å². The number of carbonyl (C=O) groups is 2. The number of ether oxygens (including phenoxy) is 1. The van der Waals surface area contributed by atoms with Gasteiger partial charge in [-0.15, -0.1) is 0 Å². The SMILES string of the molecule is COC(=O)CC1CCN(C(=O)CCn2c(=O)[nH]c3ccccc3c2=O)CC1. The molecule has 2 aromatic rings. The number of fused-ring (bicyclic) bond motifs is 1. The van der Waals surface area contributed by atoms with Gasteiger partial charge in [-0.2, -0.15) is 0 Å². The van der Waals surface area contributed by atoms with Crippen LogP contribution in [0.2, 0.25) is 0 Å². The fourth-order valence-corrected chi connectivity index (χ4v) is 3.47. The third kappa shape index (κ3) is 4.27. The van der Waals surface area contributed by atoms with Gasteiger partial charge < -0.3 is 14.6 Å². The molecule has 1 fully saturated rings. The summed E-state index contributed by atoms with van der Waals surface area (Å²) in [5.74, 6) is -0.0897. The van der Waals surface area contributed by atoms with Crippen LogP contribution in [0.3, 0.4) is 0 Å². The lowest BCUT2D eigenvalue weighted by Crippen LogP contribution is -2.41. The van der Waals surface area contributed by atoms with Gasteiger partial charge in [0.15, 0.2) is 0 Å². The van der Waals surface area contributed by atoms with E-state index in [1.165, 1.54) is 7.11 Å². The lowest BCUT2D eigenvalue weighted by atomic mass is 9.93. The monoisotopic (exact) mass is 373 g/mol. The highest BCUT2D eigenvalue weighted by Gasteiger charge is 2.24. The van der Waals surface area contributed by atoms with E-state index in [-0.39, 0.29) is 36.3 Å². The predicted molar refractivity (Wildman–Crippen MR) is 99.4 cm³/mol. The number of hydrogen-bond acceptors (Lipinski definition) is 5. The minimum atomic E-state index is -0.511. The maximum absolute atomic E-state index is 12.5. The molecule has 0 spiro atoms. The Labute approximate surface area is 155 Å².